The maximum Gasteiger partial charge on any atom is 0.130 e. The first kappa shape index (κ1) is 15.7. The molecule has 4 nitrogen and oxygen atoms in total. The van der Waals surface area contributed by atoms with Crippen LogP contribution in [0.5, 0.6) is 0 Å². The van der Waals surface area contributed by atoms with Gasteiger partial charge in [-0.05, 0) is 31.5 Å². The van der Waals surface area contributed by atoms with E-state index in [2.05, 4.69) is 63.6 Å². The molecule has 0 spiro atoms. The highest BCUT2D eigenvalue weighted by molar-refractivity contribution is 7.16. The molecule has 124 valence electrons. The zero-order valence-corrected chi connectivity index (χ0v) is 14.9. The van der Waals surface area contributed by atoms with Crippen LogP contribution in [-0.4, -0.2) is 15.0 Å². The van der Waals surface area contributed by atoms with Crippen molar-refractivity contribution in [1.82, 2.24) is 15.0 Å². The van der Waals surface area contributed by atoms with Crippen LogP contribution in [0.2, 0.25) is 0 Å². The highest BCUT2D eigenvalue weighted by Gasteiger charge is 2.10. The standard InChI is InChI=1S/C20H18N4S/c1-13(15-6-4-3-5-7-15)22-20-11-18(23-14(2)24-20)16-8-9-17-19(10-16)25-12-21-17/h3-13H,1-2H3,(H,22,23,24)/t13-/m0/s1. The molecule has 0 aliphatic rings. The minimum Gasteiger partial charge on any atom is -0.363 e. The SMILES string of the molecule is Cc1nc(N[C@@H](C)c2ccccc2)cc(-c2ccc3ncsc3c2)n1. The number of nitrogens with zero attached hydrogens (tertiary/aromatic N) is 3. The van der Waals surface area contributed by atoms with E-state index in [1.54, 1.807) is 11.3 Å². The summed E-state index contributed by atoms with van der Waals surface area (Å²) in [6, 6.07) is 18.8. The highest BCUT2D eigenvalue weighted by Crippen LogP contribution is 2.27. The number of aromatic nitrogens is 3. The van der Waals surface area contributed by atoms with E-state index in [1.165, 1.54) is 10.3 Å². The van der Waals surface area contributed by atoms with Gasteiger partial charge in [0.1, 0.15) is 11.6 Å². The quantitative estimate of drug-likeness (QED) is 0.549. The number of nitrogens with one attached hydrogen (secondary N) is 1. The lowest BCUT2D eigenvalue weighted by Crippen LogP contribution is -2.09. The van der Waals surface area contributed by atoms with E-state index in [0.717, 1.165) is 28.4 Å². The summed E-state index contributed by atoms with van der Waals surface area (Å²) in [4.78, 5) is 13.5. The number of anilines is 1. The van der Waals surface area contributed by atoms with Crippen LogP contribution >= 0.6 is 11.3 Å². The molecule has 4 rings (SSSR count). The summed E-state index contributed by atoms with van der Waals surface area (Å²) in [6.45, 7) is 4.06. The average molecular weight is 346 g/mol. The summed E-state index contributed by atoms with van der Waals surface area (Å²) in [5.41, 5.74) is 6.12. The Bertz CT molecular complexity index is 1010. The molecule has 2 heterocycles. The van der Waals surface area contributed by atoms with Crippen molar-refractivity contribution in [3.63, 3.8) is 0 Å². The third kappa shape index (κ3) is 3.37. The molecular formula is C20H18N4S. The largest absolute Gasteiger partial charge is 0.363 e. The number of hydrogen-bond donors (Lipinski definition) is 1. The number of benzene rings is 2. The molecule has 5 heteroatoms. The van der Waals surface area contributed by atoms with Gasteiger partial charge in [-0.2, -0.15) is 0 Å². The van der Waals surface area contributed by atoms with Crippen LogP contribution in [0.25, 0.3) is 21.5 Å². The summed E-state index contributed by atoms with van der Waals surface area (Å²) in [5.74, 6) is 1.59. The lowest BCUT2D eigenvalue weighted by molar-refractivity contribution is 0.867. The Kier molecular flexibility index (Phi) is 4.15. The zero-order chi connectivity index (χ0) is 17.2. The Morgan fingerprint density at radius 2 is 1.84 bits per heavy atom. The Labute approximate surface area is 150 Å². The molecule has 1 atom stereocenters. The molecule has 1 N–H and O–H groups in total. The topological polar surface area (TPSA) is 50.7 Å². The van der Waals surface area contributed by atoms with Gasteiger partial charge in [0.2, 0.25) is 0 Å². The number of aryl methyl sites for hydroxylation is 1. The molecule has 4 aromatic rings. The molecule has 0 saturated heterocycles. The van der Waals surface area contributed by atoms with Gasteiger partial charge in [-0.1, -0.05) is 36.4 Å². The van der Waals surface area contributed by atoms with Crippen LogP contribution in [0.4, 0.5) is 5.82 Å². The van der Waals surface area contributed by atoms with Gasteiger partial charge >= 0.3 is 0 Å². The van der Waals surface area contributed by atoms with Crippen molar-refractivity contribution in [2.45, 2.75) is 19.9 Å². The van der Waals surface area contributed by atoms with Crippen molar-refractivity contribution in [2.24, 2.45) is 0 Å². The predicted molar refractivity (Wildman–Crippen MR) is 104 cm³/mol. The summed E-state index contributed by atoms with van der Waals surface area (Å²) in [7, 11) is 0. The van der Waals surface area contributed by atoms with Crippen LogP contribution in [-0.2, 0) is 0 Å². The van der Waals surface area contributed by atoms with E-state index >= 15 is 0 Å². The van der Waals surface area contributed by atoms with Crippen LogP contribution in [0.1, 0.15) is 24.4 Å². The lowest BCUT2D eigenvalue weighted by atomic mass is 10.1. The van der Waals surface area contributed by atoms with Crippen molar-refractivity contribution in [2.75, 3.05) is 5.32 Å². The molecule has 0 amide bonds. The predicted octanol–water partition coefficient (Wildman–Crippen LogP) is 5.23. The van der Waals surface area contributed by atoms with Gasteiger partial charge in [-0.25, -0.2) is 15.0 Å². The minimum absolute atomic E-state index is 0.173. The van der Waals surface area contributed by atoms with Crippen molar-refractivity contribution >= 4 is 27.4 Å². The molecule has 0 aliphatic carbocycles. The first-order valence-corrected chi connectivity index (χ1v) is 9.08. The van der Waals surface area contributed by atoms with E-state index in [-0.39, 0.29) is 6.04 Å². The monoisotopic (exact) mass is 346 g/mol. The van der Waals surface area contributed by atoms with E-state index in [9.17, 15) is 0 Å². The van der Waals surface area contributed by atoms with E-state index in [1.807, 2.05) is 30.6 Å². The van der Waals surface area contributed by atoms with E-state index < -0.39 is 0 Å². The summed E-state index contributed by atoms with van der Waals surface area (Å²) in [6.07, 6.45) is 0. The maximum atomic E-state index is 4.61. The van der Waals surface area contributed by atoms with Crippen LogP contribution < -0.4 is 5.32 Å². The lowest BCUT2D eigenvalue weighted by Gasteiger charge is -2.16. The fraction of sp³-hybridized carbons (Fsp3) is 0.150. The van der Waals surface area contributed by atoms with Gasteiger partial charge < -0.3 is 5.32 Å². The molecule has 0 saturated carbocycles. The maximum absolute atomic E-state index is 4.61. The summed E-state index contributed by atoms with van der Waals surface area (Å²) in [5, 5.41) is 3.48. The molecule has 25 heavy (non-hydrogen) atoms. The summed E-state index contributed by atoms with van der Waals surface area (Å²) < 4.78 is 1.17. The third-order valence-electron chi connectivity index (χ3n) is 4.13. The average Bonchev–Trinajstić information content (AvgIpc) is 3.09. The van der Waals surface area contributed by atoms with Crippen molar-refractivity contribution in [1.29, 1.82) is 0 Å². The molecule has 0 bridgehead atoms. The van der Waals surface area contributed by atoms with Gasteiger partial charge in [0.25, 0.3) is 0 Å². The smallest absolute Gasteiger partial charge is 0.130 e. The number of thiazole rings is 1. The molecule has 0 radical (unpaired) electrons. The van der Waals surface area contributed by atoms with Gasteiger partial charge in [-0.15, -0.1) is 11.3 Å². The highest BCUT2D eigenvalue weighted by atomic mass is 32.1. The summed E-state index contributed by atoms with van der Waals surface area (Å²) >= 11 is 1.64. The second-order valence-corrected chi connectivity index (χ2v) is 6.88. The van der Waals surface area contributed by atoms with Crippen LogP contribution in [0.15, 0.2) is 60.1 Å². The Hall–Kier alpha value is -2.79. The molecular weight excluding hydrogens is 328 g/mol. The third-order valence-corrected chi connectivity index (χ3v) is 4.92. The second kappa shape index (κ2) is 6.61. The van der Waals surface area contributed by atoms with Crippen molar-refractivity contribution in [3.8, 4) is 11.3 Å². The molecule has 0 unspecified atom stereocenters. The second-order valence-electron chi connectivity index (χ2n) is 6.00. The van der Waals surface area contributed by atoms with Gasteiger partial charge in [0.05, 0.1) is 21.4 Å². The van der Waals surface area contributed by atoms with Gasteiger partial charge in [0.15, 0.2) is 0 Å². The molecule has 2 aromatic carbocycles. The first-order chi connectivity index (χ1) is 12.2. The van der Waals surface area contributed by atoms with Crippen LogP contribution in [0, 0.1) is 6.92 Å². The van der Waals surface area contributed by atoms with Crippen LogP contribution in [0.3, 0.4) is 0 Å². The minimum atomic E-state index is 0.173. The zero-order valence-electron chi connectivity index (χ0n) is 14.1. The van der Waals surface area contributed by atoms with Crippen molar-refractivity contribution in [3.05, 3.63) is 71.5 Å². The fourth-order valence-corrected chi connectivity index (χ4v) is 3.57. The molecule has 0 aliphatic heterocycles. The Balaban J connectivity index is 1.66. The van der Waals surface area contributed by atoms with Gasteiger partial charge in [0, 0.05) is 17.7 Å². The van der Waals surface area contributed by atoms with Gasteiger partial charge in [-0.3, -0.25) is 0 Å². The fourth-order valence-electron chi connectivity index (χ4n) is 2.85. The Morgan fingerprint density at radius 3 is 2.68 bits per heavy atom. The van der Waals surface area contributed by atoms with E-state index in [0.29, 0.717) is 0 Å². The number of rotatable bonds is 4. The first-order valence-electron chi connectivity index (χ1n) is 8.20. The molecule has 2 aromatic heterocycles. The number of fused-ring (bicyclic) bond motifs is 1. The van der Waals surface area contributed by atoms with Crippen molar-refractivity contribution < 1.29 is 0 Å². The normalized spacial score (nSPS) is 12.2. The van der Waals surface area contributed by atoms with E-state index in [4.69, 9.17) is 0 Å². The molecule has 0 fully saturated rings. The Morgan fingerprint density at radius 1 is 1.00 bits per heavy atom. The number of hydrogen-bond acceptors (Lipinski definition) is 5.